The lowest BCUT2D eigenvalue weighted by Gasteiger charge is -2.31. The first-order valence-corrected chi connectivity index (χ1v) is 11.1. The standard InChI is InChI=1S/C15H22N3O8PS/c1-2-23-11(19)4-3-7-24-27(22)25-8-9-13(26-27)12(20)14(28-9)18-6-5-10(16)17-15(18)21/h5-6,9,12-14,20H,2-4,7-8H2,1H3,(H2,16,17,21)/t9-,12+,13-,14-,27?/m1/s1. The Kier molecular flexibility index (Phi) is 6.79. The number of carbonyl (C=O) groups excluding carboxylic acids is 1. The van der Waals surface area contributed by atoms with Crippen LogP contribution in [0.5, 0.6) is 0 Å². The predicted molar refractivity (Wildman–Crippen MR) is 99.6 cm³/mol. The second kappa shape index (κ2) is 8.93. The maximum absolute atomic E-state index is 12.6. The number of thioether (sulfide) groups is 1. The highest BCUT2D eigenvalue weighted by Crippen LogP contribution is 2.59. The van der Waals surface area contributed by atoms with Crippen molar-refractivity contribution in [3.8, 4) is 0 Å². The highest BCUT2D eigenvalue weighted by molar-refractivity contribution is 8.00. The molecular formula is C15H22N3O8PS. The Morgan fingerprint density at radius 1 is 1.57 bits per heavy atom. The molecule has 5 atom stereocenters. The van der Waals surface area contributed by atoms with Crippen LogP contribution in [0, 0.1) is 0 Å². The fraction of sp³-hybridized carbons (Fsp3) is 0.667. The summed E-state index contributed by atoms with van der Waals surface area (Å²) in [6.07, 6.45) is -0.124. The number of hydrogen-bond acceptors (Lipinski definition) is 11. The molecule has 3 rings (SSSR count). The van der Waals surface area contributed by atoms with Crippen LogP contribution in [0.3, 0.4) is 0 Å². The van der Waals surface area contributed by atoms with Crippen molar-refractivity contribution in [2.75, 3.05) is 25.6 Å². The summed E-state index contributed by atoms with van der Waals surface area (Å²) >= 11 is 1.26. The molecule has 13 heteroatoms. The van der Waals surface area contributed by atoms with E-state index in [4.69, 9.17) is 24.0 Å². The summed E-state index contributed by atoms with van der Waals surface area (Å²) < 4.78 is 34.6. The molecule has 0 spiro atoms. The molecule has 0 amide bonds. The predicted octanol–water partition coefficient (Wildman–Crippen LogP) is 0.684. The van der Waals surface area contributed by atoms with Gasteiger partial charge in [0.25, 0.3) is 0 Å². The smallest absolute Gasteiger partial charge is 0.466 e. The van der Waals surface area contributed by atoms with Crippen molar-refractivity contribution >= 4 is 31.4 Å². The van der Waals surface area contributed by atoms with E-state index < -0.39 is 31.1 Å². The van der Waals surface area contributed by atoms with Crippen LogP contribution in [0.1, 0.15) is 25.1 Å². The number of nitrogens with zero attached hydrogens (tertiary/aromatic N) is 2. The van der Waals surface area contributed by atoms with E-state index >= 15 is 0 Å². The Morgan fingerprint density at radius 2 is 2.36 bits per heavy atom. The molecular weight excluding hydrogens is 413 g/mol. The van der Waals surface area contributed by atoms with Crippen LogP contribution >= 0.6 is 19.6 Å². The van der Waals surface area contributed by atoms with E-state index in [1.54, 1.807) is 6.92 Å². The number of aliphatic hydroxyl groups excluding tert-OH is 1. The van der Waals surface area contributed by atoms with Gasteiger partial charge in [0.05, 0.1) is 25.1 Å². The van der Waals surface area contributed by atoms with Gasteiger partial charge >= 0.3 is 19.5 Å². The van der Waals surface area contributed by atoms with Gasteiger partial charge in [-0.15, -0.1) is 11.8 Å². The van der Waals surface area contributed by atoms with Gasteiger partial charge in [0.15, 0.2) is 0 Å². The molecule has 2 aliphatic rings. The number of hydrogen-bond donors (Lipinski definition) is 2. The lowest BCUT2D eigenvalue weighted by atomic mass is 10.1. The minimum Gasteiger partial charge on any atom is -0.466 e. The molecule has 0 radical (unpaired) electrons. The molecule has 156 valence electrons. The van der Waals surface area contributed by atoms with Crippen LogP contribution < -0.4 is 11.4 Å². The number of aliphatic hydroxyl groups is 1. The topological polar surface area (TPSA) is 152 Å². The van der Waals surface area contributed by atoms with Gasteiger partial charge in [-0.2, -0.15) is 4.98 Å². The molecule has 28 heavy (non-hydrogen) atoms. The van der Waals surface area contributed by atoms with Crippen LogP contribution in [0.2, 0.25) is 0 Å². The highest BCUT2D eigenvalue weighted by Gasteiger charge is 2.53. The van der Waals surface area contributed by atoms with Gasteiger partial charge in [-0.05, 0) is 19.4 Å². The molecule has 11 nitrogen and oxygen atoms in total. The Labute approximate surface area is 165 Å². The van der Waals surface area contributed by atoms with Crippen LogP contribution in [0.25, 0.3) is 0 Å². The van der Waals surface area contributed by atoms with Crippen molar-refractivity contribution in [2.45, 2.75) is 42.6 Å². The molecule has 2 fully saturated rings. The zero-order valence-corrected chi connectivity index (χ0v) is 16.8. The number of aromatic nitrogens is 2. The molecule has 1 aromatic heterocycles. The number of nitrogen functional groups attached to an aromatic ring is 1. The first kappa shape index (κ1) is 21.3. The third-order valence-corrected chi connectivity index (χ3v) is 7.17. The highest BCUT2D eigenvalue weighted by atomic mass is 32.2. The summed E-state index contributed by atoms with van der Waals surface area (Å²) in [5.74, 6) is -0.292. The van der Waals surface area contributed by atoms with E-state index in [1.807, 2.05) is 0 Å². The second-order valence-corrected chi connectivity index (χ2v) is 9.14. The molecule has 0 aromatic carbocycles. The zero-order chi connectivity index (χ0) is 20.3. The number of ether oxygens (including phenoxy) is 1. The third kappa shape index (κ3) is 4.76. The number of rotatable bonds is 7. The summed E-state index contributed by atoms with van der Waals surface area (Å²) in [5.41, 5.74) is 4.88. The number of anilines is 1. The van der Waals surface area contributed by atoms with Gasteiger partial charge < -0.3 is 15.6 Å². The van der Waals surface area contributed by atoms with Crippen molar-refractivity contribution in [2.24, 2.45) is 0 Å². The quantitative estimate of drug-likeness (QED) is 0.353. The molecule has 1 aromatic rings. The van der Waals surface area contributed by atoms with Gasteiger partial charge in [0.1, 0.15) is 23.4 Å². The fourth-order valence-corrected chi connectivity index (χ4v) is 6.00. The first-order valence-electron chi connectivity index (χ1n) is 8.74. The summed E-state index contributed by atoms with van der Waals surface area (Å²) in [6.45, 7) is 1.99. The Hall–Kier alpha value is -1.43. The Balaban J connectivity index is 1.59. The molecule has 0 bridgehead atoms. The molecule has 3 N–H and O–H groups in total. The van der Waals surface area contributed by atoms with Gasteiger partial charge in [0.2, 0.25) is 0 Å². The van der Waals surface area contributed by atoms with Crippen LogP contribution in [-0.4, -0.2) is 57.9 Å². The van der Waals surface area contributed by atoms with E-state index in [9.17, 15) is 19.3 Å². The van der Waals surface area contributed by atoms with Gasteiger partial charge in [0, 0.05) is 12.6 Å². The van der Waals surface area contributed by atoms with Gasteiger partial charge in [-0.1, -0.05) is 0 Å². The van der Waals surface area contributed by atoms with Crippen LogP contribution in [0.15, 0.2) is 17.1 Å². The van der Waals surface area contributed by atoms with E-state index in [1.165, 1.54) is 28.6 Å². The third-order valence-electron chi connectivity index (χ3n) is 4.16. The Morgan fingerprint density at radius 3 is 3.07 bits per heavy atom. The minimum absolute atomic E-state index is 0.0230. The number of phosphoric acid groups is 1. The second-order valence-electron chi connectivity index (χ2n) is 6.15. The number of nitrogens with two attached hydrogens (primary N) is 1. The molecule has 1 unspecified atom stereocenters. The number of carbonyl (C=O) groups is 1. The SMILES string of the molecule is CCOC(=O)CCCOP1(=O)OC[C@H]2S[C@@H](n3ccc(N)nc3=O)[C@@H](O)[C@@H]2O1. The van der Waals surface area contributed by atoms with E-state index in [0.717, 1.165) is 0 Å². The maximum atomic E-state index is 12.6. The van der Waals surface area contributed by atoms with Crippen molar-refractivity contribution < 1.29 is 32.8 Å². The lowest BCUT2D eigenvalue weighted by molar-refractivity contribution is -0.143. The van der Waals surface area contributed by atoms with Crippen molar-refractivity contribution in [1.82, 2.24) is 9.55 Å². The van der Waals surface area contributed by atoms with Gasteiger partial charge in [-0.25, -0.2) is 9.36 Å². The molecule has 0 aliphatic carbocycles. The number of phosphoric ester groups is 1. The van der Waals surface area contributed by atoms with E-state index in [2.05, 4.69) is 4.98 Å². The zero-order valence-electron chi connectivity index (χ0n) is 15.1. The van der Waals surface area contributed by atoms with E-state index in [0.29, 0.717) is 0 Å². The van der Waals surface area contributed by atoms with Crippen LogP contribution in [-0.2, 0) is 27.7 Å². The van der Waals surface area contributed by atoms with Crippen molar-refractivity contribution in [3.63, 3.8) is 0 Å². The average molecular weight is 435 g/mol. The molecule has 0 saturated carbocycles. The summed E-state index contributed by atoms with van der Waals surface area (Å²) in [7, 11) is -3.88. The average Bonchev–Trinajstić information content (AvgIpc) is 2.95. The lowest BCUT2D eigenvalue weighted by Crippen LogP contribution is -2.40. The van der Waals surface area contributed by atoms with Crippen molar-refractivity contribution in [3.05, 3.63) is 22.7 Å². The van der Waals surface area contributed by atoms with E-state index in [-0.39, 0.29) is 49.7 Å². The normalized spacial score (nSPS) is 32.1. The minimum atomic E-state index is -3.88. The maximum Gasteiger partial charge on any atom is 0.475 e. The Bertz CT molecular complexity index is 821. The van der Waals surface area contributed by atoms with Gasteiger partial charge in [-0.3, -0.25) is 22.9 Å². The van der Waals surface area contributed by atoms with Crippen molar-refractivity contribution in [1.29, 1.82) is 0 Å². The molecule has 3 heterocycles. The summed E-state index contributed by atoms with van der Waals surface area (Å²) in [4.78, 5) is 27.0. The molecule has 2 aliphatic heterocycles. The number of esters is 1. The first-order chi connectivity index (χ1) is 13.3. The number of fused-ring (bicyclic) bond motifs is 1. The van der Waals surface area contributed by atoms with Crippen LogP contribution in [0.4, 0.5) is 5.82 Å². The monoisotopic (exact) mass is 435 g/mol. The fourth-order valence-electron chi connectivity index (χ4n) is 2.87. The summed E-state index contributed by atoms with van der Waals surface area (Å²) in [6, 6.07) is 1.45. The summed E-state index contributed by atoms with van der Waals surface area (Å²) in [5, 5.41) is 9.59. The molecule has 2 saturated heterocycles. The largest absolute Gasteiger partial charge is 0.475 e.